The van der Waals surface area contributed by atoms with Crippen molar-refractivity contribution in [1.29, 1.82) is 5.26 Å². The smallest absolute Gasteiger partial charge is 0.243 e. The van der Waals surface area contributed by atoms with Gasteiger partial charge in [-0.2, -0.15) is 9.57 Å². The van der Waals surface area contributed by atoms with E-state index in [2.05, 4.69) is 11.0 Å². The van der Waals surface area contributed by atoms with Gasteiger partial charge in [-0.1, -0.05) is 19.1 Å². The number of hydrogen-bond acceptors (Lipinski definition) is 6. The summed E-state index contributed by atoms with van der Waals surface area (Å²) in [6, 6.07) is 15.0. The van der Waals surface area contributed by atoms with Crippen LogP contribution in [0.15, 0.2) is 58.3 Å². The van der Waals surface area contributed by atoms with E-state index in [1.54, 1.807) is 19.1 Å². The maximum atomic E-state index is 13.0. The molecule has 2 aromatic carbocycles. The van der Waals surface area contributed by atoms with Crippen LogP contribution in [-0.2, 0) is 26.4 Å². The van der Waals surface area contributed by atoms with E-state index in [1.807, 2.05) is 12.1 Å². The van der Waals surface area contributed by atoms with E-state index in [0.717, 1.165) is 12.1 Å². The summed E-state index contributed by atoms with van der Waals surface area (Å²) in [5.74, 6) is -0.0275. The number of rotatable bonds is 6. The lowest BCUT2D eigenvalue weighted by Gasteiger charge is -2.22. The van der Waals surface area contributed by atoms with E-state index in [-0.39, 0.29) is 15.5 Å². The summed E-state index contributed by atoms with van der Waals surface area (Å²) in [7, 11) is -7.05. The molecule has 0 bridgehead atoms. The molecular weight excluding hydrogens is 422 g/mol. The van der Waals surface area contributed by atoms with Gasteiger partial charge in [0.05, 0.1) is 27.2 Å². The molecule has 1 fully saturated rings. The zero-order chi connectivity index (χ0) is 21.8. The molecular formula is C21H25N3O4S2. The molecule has 1 saturated heterocycles. The Morgan fingerprint density at radius 3 is 2.10 bits per heavy atom. The molecule has 0 unspecified atom stereocenters. The van der Waals surface area contributed by atoms with E-state index < -0.39 is 19.9 Å². The summed E-state index contributed by atoms with van der Waals surface area (Å²) in [4.78, 5) is 2.44. The average Bonchev–Trinajstić information content (AvgIpc) is 3.00. The minimum absolute atomic E-state index is 0.0275. The van der Waals surface area contributed by atoms with Gasteiger partial charge in [0.2, 0.25) is 10.0 Å². The van der Waals surface area contributed by atoms with Crippen LogP contribution in [0.25, 0.3) is 0 Å². The fourth-order valence-corrected chi connectivity index (χ4v) is 5.78. The van der Waals surface area contributed by atoms with Crippen LogP contribution >= 0.6 is 0 Å². The van der Waals surface area contributed by atoms with Gasteiger partial charge in [-0.25, -0.2) is 16.8 Å². The molecule has 0 atom stereocenters. The highest BCUT2D eigenvalue weighted by Gasteiger charge is 2.27. The van der Waals surface area contributed by atoms with Crippen molar-refractivity contribution >= 4 is 19.9 Å². The summed E-state index contributed by atoms with van der Waals surface area (Å²) in [5.41, 5.74) is 1.70. The molecule has 3 rings (SSSR count). The summed E-state index contributed by atoms with van der Waals surface area (Å²) in [6.07, 6.45) is 0.706. The second-order valence-electron chi connectivity index (χ2n) is 7.22. The summed E-state index contributed by atoms with van der Waals surface area (Å²) >= 11 is 0. The molecule has 0 saturated carbocycles. The Kier molecular flexibility index (Phi) is 6.93. The Hall–Kier alpha value is -2.25. The SMILES string of the molecule is CCS(=O)(=O)c1ccc(S(=O)(=O)N2CCCN(Cc3ccc(C#N)cc3)CC2)cc1. The minimum Gasteiger partial charge on any atom is -0.298 e. The Labute approximate surface area is 178 Å². The van der Waals surface area contributed by atoms with E-state index in [0.29, 0.717) is 38.2 Å². The molecule has 0 aromatic heterocycles. The second kappa shape index (κ2) is 9.27. The molecule has 0 spiro atoms. The van der Waals surface area contributed by atoms with Crippen LogP contribution in [0.2, 0.25) is 0 Å². The minimum atomic E-state index is -3.68. The maximum absolute atomic E-state index is 13.0. The van der Waals surface area contributed by atoms with Crippen molar-refractivity contribution in [2.24, 2.45) is 0 Å². The molecule has 0 amide bonds. The summed E-state index contributed by atoms with van der Waals surface area (Å²) in [5, 5.41) is 8.90. The number of benzene rings is 2. The van der Waals surface area contributed by atoms with Gasteiger partial charge in [-0.3, -0.25) is 4.90 Å². The Morgan fingerprint density at radius 1 is 0.867 bits per heavy atom. The van der Waals surface area contributed by atoms with E-state index in [9.17, 15) is 16.8 Å². The van der Waals surface area contributed by atoms with Crippen LogP contribution in [0, 0.1) is 11.3 Å². The first-order valence-corrected chi connectivity index (χ1v) is 12.9. The van der Waals surface area contributed by atoms with Gasteiger partial charge in [0.15, 0.2) is 9.84 Å². The van der Waals surface area contributed by atoms with Gasteiger partial charge >= 0.3 is 0 Å². The maximum Gasteiger partial charge on any atom is 0.243 e. The van der Waals surface area contributed by atoms with Gasteiger partial charge in [0.25, 0.3) is 0 Å². The molecule has 2 aromatic rings. The molecule has 30 heavy (non-hydrogen) atoms. The van der Waals surface area contributed by atoms with E-state index >= 15 is 0 Å². The van der Waals surface area contributed by atoms with Crippen LogP contribution in [0.3, 0.4) is 0 Å². The lowest BCUT2D eigenvalue weighted by atomic mass is 10.1. The van der Waals surface area contributed by atoms with Gasteiger partial charge in [0, 0.05) is 26.2 Å². The van der Waals surface area contributed by atoms with Crippen molar-refractivity contribution in [2.45, 2.75) is 29.7 Å². The van der Waals surface area contributed by atoms with Crippen LogP contribution in [0.1, 0.15) is 24.5 Å². The predicted molar refractivity (Wildman–Crippen MR) is 114 cm³/mol. The first kappa shape index (κ1) is 22.4. The topological polar surface area (TPSA) is 98.5 Å². The predicted octanol–water partition coefficient (Wildman–Crippen LogP) is 2.25. The van der Waals surface area contributed by atoms with E-state index in [1.165, 1.54) is 28.6 Å². The van der Waals surface area contributed by atoms with Crippen LogP contribution < -0.4 is 0 Å². The van der Waals surface area contributed by atoms with Gasteiger partial charge in [-0.05, 0) is 54.9 Å². The third-order valence-electron chi connectivity index (χ3n) is 5.24. The lowest BCUT2D eigenvalue weighted by molar-refractivity contribution is 0.278. The highest BCUT2D eigenvalue weighted by molar-refractivity contribution is 7.91. The fourth-order valence-electron chi connectivity index (χ4n) is 3.42. The zero-order valence-corrected chi connectivity index (χ0v) is 18.5. The largest absolute Gasteiger partial charge is 0.298 e. The normalized spacial score (nSPS) is 16.7. The third-order valence-corrected chi connectivity index (χ3v) is 8.90. The highest BCUT2D eigenvalue weighted by atomic mass is 32.2. The van der Waals surface area contributed by atoms with Gasteiger partial charge in [-0.15, -0.1) is 0 Å². The quantitative estimate of drug-likeness (QED) is 0.674. The van der Waals surface area contributed by atoms with Crippen molar-refractivity contribution in [3.8, 4) is 6.07 Å². The van der Waals surface area contributed by atoms with E-state index in [4.69, 9.17) is 5.26 Å². The van der Waals surface area contributed by atoms with Crippen molar-refractivity contribution in [2.75, 3.05) is 31.9 Å². The van der Waals surface area contributed by atoms with Crippen molar-refractivity contribution in [1.82, 2.24) is 9.21 Å². The fraction of sp³-hybridized carbons (Fsp3) is 0.381. The number of sulfone groups is 1. The average molecular weight is 448 g/mol. The van der Waals surface area contributed by atoms with Crippen molar-refractivity contribution in [3.63, 3.8) is 0 Å². The number of nitriles is 1. The standard InChI is InChI=1S/C21H25N3O4S2/c1-2-29(25,26)20-8-10-21(11-9-20)30(27,28)24-13-3-12-23(14-15-24)17-19-6-4-18(16-22)5-7-19/h4-11H,2-3,12-15,17H2,1H3. The van der Waals surface area contributed by atoms with Crippen molar-refractivity contribution < 1.29 is 16.8 Å². The first-order chi connectivity index (χ1) is 14.3. The molecule has 0 aliphatic carbocycles. The molecule has 1 aliphatic heterocycles. The first-order valence-electron chi connectivity index (χ1n) is 9.80. The van der Waals surface area contributed by atoms with Gasteiger partial charge in [0.1, 0.15) is 0 Å². The summed E-state index contributed by atoms with van der Waals surface area (Å²) < 4.78 is 51.4. The molecule has 1 aliphatic rings. The number of hydrogen-bond donors (Lipinski definition) is 0. The monoisotopic (exact) mass is 447 g/mol. The summed E-state index contributed by atoms with van der Waals surface area (Å²) in [6.45, 7) is 4.42. The highest BCUT2D eigenvalue weighted by Crippen LogP contribution is 2.21. The zero-order valence-electron chi connectivity index (χ0n) is 16.9. The molecule has 1 heterocycles. The molecule has 7 nitrogen and oxygen atoms in total. The Balaban J connectivity index is 1.68. The lowest BCUT2D eigenvalue weighted by Crippen LogP contribution is -2.35. The van der Waals surface area contributed by atoms with Crippen LogP contribution in [-0.4, -0.2) is 58.0 Å². The molecule has 9 heteroatoms. The molecule has 0 N–H and O–H groups in total. The molecule has 0 radical (unpaired) electrons. The van der Waals surface area contributed by atoms with Gasteiger partial charge < -0.3 is 0 Å². The van der Waals surface area contributed by atoms with Crippen LogP contribution in [0.5, 0.6) is 0 Å². The number of sulfonamides is 1. The van der Waals surface area contributed by atoms with Crippen molar-refractivity contribution in [3.05, 3.63) is 59.7 Å². The Morgan fingerprint density at radius 2 is 1.50 bits per heavy atom. The third kappa shape index (κ3) is 5.08. The number of nitrogens with zero attached hydrogens (tertiary/aromatic N) is 3. The second-order valence-corrected chi connectivity index (χ2v) is 11.4. The van der Waals surface area contributed by atoms with Crippen LogP contribution in [0.4, 0.5) is 0 Å². The Bertz CT molecular complexity index is 1120. The molecule has 160 valence electrons.